The zero-order valence-corrected chi connectivity index (χ0v) is 13.7. The normalized spacial score (nSPS) is 13.8. The van der Waals surface area contributed by atoms with Crippen LogP contribution in [0.25, 0.3) is 0 Å². The third kappa shape index (κ3) is 3.91. The number of aromatic nitrogens is 3. The van der Waals surface area contributed by atoms with Crippen LogP contribution in [0.4, 0.5) is 5.69 Å². The fraction of sp³-hybridized carbons (Fsp3) is 0.400. The number of nitro benzene ring substituents is 1. The lowest BCUT2D eigenvalue weighted by atomic mass is 10.2. The molecule has 1 aromatic heterocycles. The Morgan fingerprint density at radius 1 is 1.33 bits per heavy atom. The molecular formula is C15H17N5O3S. The van der Waals surface area contributed by atoms with Crippen LogP contribution in [0.5, 0.6) is 0 Å². The molecule has 1 aliphatic rings. The Morgan fingerprint density at radius 3 is 2.62 bits per heavy atom. The molecule has 1 aliphatic carbocycles. The molecule has 0 saturated heterocycles. The largest absolute Gasteiger partial charge is 0.370 e. The summed E-state index contributed by atoms with van der Waals surface area (Å²) in [5.74, 6) is 1.62. The van der Waals surface area contributed by atoms with Gasteiger partial charge in [-0.15, -0.1) is 10.2 Å². The highest BCUT2D eigenvalue weighted by Gasteiger charge is 2.30. The first-order chi connectivity index (χ1) is 11.5. The fourth-order valence-electron chi connectivity index (χ4n) is 2.34. The molecule has 0 radical (unpaired) electrons. The molecule has 1 saturated carbocycles. The highest BCUT2D eigenvalue weighted by molar-refractivity contribution is 7.98. The Balaban J connectivity index is 1.69. The summed E-state index contributed by atoms with van der Waals surface area (Å²) in [5.41, 5.74) is 6.28. The molecule has 3 rings (SSSR count). The van der Waals surface area contributed by atoms with Crippen molar-refractivity contribution in [2.45, 2.75) is 42.6 Å². The average molecular weight is 347 g/mol. The van der Waals surface area contributed by atoms with Gasteiger partial charge in [-0.1, -0.05) is 23.9 Å². The van der Waals surface area contributed by atoms with Gasteiger partial charge in [0, 0.05) is 36.8 Å². The second kappa shape index (κ2) is 7.00. The van der Waals surface area contributed by atoms with Crippen molar-refractivity contribution < 1.29 is 9.72 Å². The van der Waals surface area contributed by atoms with Crippen LogP contribution in [0.15, 0.2) is 29.4 Å². The number of non-ortho nitro benzene ring substituents is 1. The summed E-state index contributed by atoms with van der Waals surface area (Å²) < 4.78 is 1.97. The Kier molecular flexibility index (Phi) is 4.79. The molecule has 1 amide bonds. The number of rotatable bonds is 8. The number of hydrogen-bond acceptors (Lipinski definition) is 6. The van der Waals surface area contributed by atoms with E-state index < -0.39 is 4.92 Å². The van der Waals surface area contributed by atoms with E-state index in [0.717, 1.165) is 29.4 Å². The van der Waals surface area contributed by atoms with Crippen molar-refractivity contribution in [3.05, 3.63) is 45.8 Å². The topological polar surface area (TPSA) is 117 Å². The number of nitrogens with zero attached hydrogens (tertiary/aromatic N) is 4. The van der Waals surface area contributed by atoms with E-state index in [4.69, 9.17) is 5.73 Å². The van der Waals surface area contributed by atoms with Crippen LogP contribution in [0.3, 0.4) is 0 Å². The van der Waals surface area contributed by atoms with Gasteiger partial charge in [0.2, 0.25) is 5.91 Å². The van der Waals surface area contributed by atoms with Crippen molar-refractivity contribution in [1.82, 2.24) is 14.8 Å². The molecule has 0 aliphatic heterocycles. The summed E-state index contributed by atoms with van der Waals surface area (Å²) in [6, 6.07) is 6.45. The number of hydrogen-bond donors (Lipinski definition) is 1. The van der Waals surface area contributed by atoms with Gasteiger partial charge in [0.15, 0.2) is 5.16 Å². The molecule has 1 fully saturated rings. The standard InChI is InChI=1S/C15H17N5O3S/c16-13(21)7-8-19-14(11-3-4-11)17-18-15(19)24-9-10-1-5-12(6-2-10)20(22)23/h1-2,5-6,11H,3-4,7-9H2,(H2,16,21). The van der Waals surface area contributed by atoms with Gasteiger partial charge >= 0.3 is 0 Å². The number of primary amides is 1. The summed E-state index contributed by atoms with van der Waals surface area (Å²) in [6.45, 7) is 0.483. The number of amides is 1. The van der Waals surface area contributed by atoms with Gasteiger partial charge in [-0.2, -0.15) is 0 Å². The van der Waals surface area contributed by atoms with E-state index in [9.17, 15) is 14.9 Å². The lowest BCUT2D eigenvalue weighted by molar-refractivity contribution is -0.384. The molecule has 0 atom stereocenters. The fourth-order valence-corrected chi connectivity index (χ4v) is 3.27. The lowest BCUT2D eigenvalue weighted by Crippen LogP contribution is -2.15. The van der Waals surface area contributed by atoms with Crippen LogP contribution in [0, 0.1) is 10.1 Å². The predicted octanol–water partition coefficient (Wildman–Crippen LogP) is 2.23. The van der Waals surface area contributed by atoms with Crippen LogP contribution in [0.2, 0.25) is 0 Å². The Hall–Kier alpha value is -2.42. The molecule has 1 heterocycles. The summed E-state index contributed by atoms with van der Waals surface area (Å²) in [6.07, 6.45) is 2.45. The summed E-state index contributed by atoms with van der Waals surface area (Å²) in [7, 11) is 0. The van der Waals surface area contributed by atoms with E-state index >= 15 is 0 Å². The molecule has 2 N–H and O–H groups in total. The molecule has 126 valence electrons. The minimum Gasteiger partial charge on any atom is -0.370 e. The maximum atomic E-state index is 11.1. The van der Waals surface area contributed by atoms with Gasteiger partial charge in [-0.25, -0.2) is 0 Å². The van der Waals surface area contributed by atoms with E-state index in [2.05, 4.69) is 10.2 Å². The Morgan fingerprint density at radius 2 is 2.04 bits per heavy atom. The maximum Gasteiger partial charge on any atom is 0.269 e. The lowest BCUT2D eigenvalue weighted by Gasteiger charge is -2.08. The van der Waals surface area contributed by atoms with Gasteiger partial charge in [0.25, 0.3) is 5.69 Å². The molecule has 9 heteroatoms. The highest BCUT2D eigenvalue weighted by atomic mass is 32.2. The van der Waals surface area contributed by atoms with E-state index in [-0.39, 0.29) is 18.0 Å². The first-order valence-electron chi connectivity index (χ1n) is 7.62. The maximum absolute atomic E-state index is 11.1. The molecule has 2 aromatic rings. The third-order valence-corrected chi connectivity index (χ3v) is 4.82. The zero-order valence-electron chi connectivity index (χ0n) is 12.9. The van der Waals surface area contributed by atoms with Crippen LogP contribution in [0.1, 0.15) is 36.6 Å². The van der Waals surface area contributed by atoms with Crippen molar-refractivity contribution in [3.63, 3.8) is 0 Å². The Labute approximate surface area is 142 Å². The molecule has 1 aromatic carbocycles. The van der Waals surface area contributed by atoms with E-state index in [1.54, 1.807) is 12.1 Å². The molecule has 0 unspecified atom stereocenters. The summed E-state index contributed by atoms with van der Waals surface area (Å²) >= 11 is 1.50. The van der Waals surface area contributed by atoms with Crippen molar-refractivity contribution >= 4 is 23.4 Å². The number of carbonyl (C=O) groups excluding carboxylic acids is 1. The SMILES string of the molecule is NC(=O)CCn1c(SCc2ccc([N+](=O)[O-])cc2)nnc1C1CC1. The van der Waals surface area contributed by atoms with Crippen molar-refractivity contribution in [2.75, 3.05) is 0 Å². The molecular weight excluding hydrogens is 330 g/mol. The molecule has 8 nitrogen and oxygen atoms in total. The molecule has 0 bridgehead atoms. The van der Waals surface area contributed by atoms with E-state index in [1.807, 2.05) is 4.57 Å². The van der Waals surface area contributed by atoms with Crippen LogP contribution >= 0.6 is 11.8 Å². The number of nitro groups is 1. The highest BCUT2D eigenvalue weighted by Crippen LogP contribution is 2.40. The average Bonchev–Trinajstić information content (AvgIpc) is 3.32. The number of benzene rings is 1. The second-order valence-electron chi connectivity index (χ2n) is 5.70. The third-order valence-electron chi connectivity index (χ3n) is 3.78. The second-order valence-corrected chi connectivity index (χ2v) is 6.64. The zero-order chi connectivity index (χ0) is 17.1. The number of thioether (sulfide) groups is 1. The summed E-state index contributed by atoms with van der Waals surface area (Å²) in [5, 5.41) is 19.9. The minimum absolute atomic E-state index is 0.0735. The van der Waals surface area contributed by atoms with Gasteiger partial charge in [0.1, 0.15) is 5.82 Å². The first kappa shape index (κ1) is 16.4. The minimum atomic E-state index is -0.417. The molecule has 24 heavy (non-hydrogen) atoms. The smallest absolute Gasteiger partial charge is 0.269 e. The van der Waals surface area contributed by atoms with Gasteiger partial charge in [-0.05, 0) is 18.4 Å². The van der Waals surface area contributed by atoms with Crippen LogP contribution < -0.4 is 5.73 Å². The van der Waals surface area contributed by atoms with Gasteiger partial charge in [0.05, 0.1) is 4.92 Å². The van der Waals surface area contributed by atoms with Crippen molar-refractivity contribution in [3.8, 4) is 0 Å². The predicted molar refractivity (Wildman–Crippen MR) is 88.5 cm³/mol. The van der Waals surface area contributed by atoms with Gasteiger partial charge < -0.3 is 10.3 Å². The van der Waals surface area contributed by atoms with E-state index in [1.165, 1.54) is 23.9 Å². The monoisotopic (exact) mass is 347 g/mol. The number of nitrogens with two attached hydrogens (primary N) is 1. The molecule has 0 spiro atoms. The van der Waals surface area contributed by atoms with E-state index in [0.29, 0.717) is 18.2 Å². The van der Waals surface area contributed by atoms with Crippen molar-refractivity contribution in [1.29, 1.82) is 0 Å². The van der Waals surface area contributed by atoms with Crippen LogP contribution in [-0.4, -0.2) is 25.6 Å². The number of carbonyl (C=O) groups is 1. The summed E-state index contributed by atoms with van der Waals surface area (Å²) in [4.78, 5) is 21.3. The first-order valence-corrected chi connectivity index (χ1v) is 8.60. The quantitative estimate of drug-likeness (QED) is 0.444. The van der Waals surface area contributed by atoms with Crippen LogP contribution in [-0.2, 0) is 17.1 Å². The van der Waals surface area contributed by atoms with Crippen molar-refractivity contribution in [2.24, 2.45) is 5.73 Å². The Bertz CT molecular complexity index is 755. The van der Waals surface area contributed by atoms with Gasteiger partial charge in [-0.3, -0.25) is 14.9 Å².